The summed E-state index contributed by atoms with van der Waals surface area (Å²) in [5.74, 6) is 1.47. The number of hydrogen-bond donors (Lipinski definition) is 2. The van der Waals surface area contributed by atoms with Gasteiger partial charge in [-0.3, -0.25) is 0 Å². The Morgan fingerprint density at radius 3 is 2.47 bits per heavy atom. The van der Waals surface area contributed by atoms with Crippen molar-refractivity contribution in [3.63, 3.8) is 0 Å². The summed E-state index contributed by atoms with van der Waals surface area (Å²) in [6.45, 7) is 5.71. The molecule has 0 amide bonds. The summed E-state index contributed by atoms with van der Waals surface area (Å²) in [4.78, 5) is 3.38. The third-order valence-corrected chi connectivity index (χ3v) is 2.91. The summed E-state index contributed by atoms with van der Waals surface area (Å²) in [6, 6.07) is 12.4. The van der Waals surface area contributed by atoms with Gasteiger partial charge in [-0.2, -0.15) is 0 Å². The lowest BCUT2D eigenvalue weighted by atomic mass is 10.1. The summed E-state index contributed by atoms with van der Waals surface area (Å²) >= 11 is 0. The van der Waals surface area contributed by atoms with Crippen LogP contribution in [0.1, 0.15) is 19.5 Å². The van der Waals surface area contributed by atoms with E-state index in [1.165, 1.54) is 11.3 Å². The minimum Gasteiger partial charge on any atom is -0.493 e. The van der Waals surface area contributed by atoms with Crippen molar-refractivity contribution in [1.82, 2.24) is 4.98 Å². The van der Waals surface area contributed by atoms with Crippen LogP contribution in [0.4, 0.5) is 0 Å². The minimum atomic E-state index is 0.543. The summed E-state index contributed by atoms with van der Waals surface area (Å²) < 4.78 is 5.68. The predicted octanol–water partition coefficient (Wildman–Crippen LogP) is 3.22. The molecule has 19 heavy (non-hydrogen) atoms. The number of benzene rings is 1. The monoisotopic (exact) mass is 258 g/mol. The van der Waals surface area contributed by atoms with Gasteiger partial charge >= 0.3 is 0 Å². The maximum atomic E-state index is 5.68. The van der Waals surface area contributed by atoms with Crippen molar-refractivity contribution in [3.05, 3.63) is 42.1 Å². The van der Waals surface area contributed by atoms with Gasteiger partial charge in [0.1, 0.15) is 5.75 Å². The second kappa shape index (κ2) is 6.43. The topological polar surface area (TPSA) is 51.0 Å². The van der Waals surface area contributed by atoms with Crippen molar-refractivity contribution in [2.45, 2.75) is 20.3 Å². The van der Waals surface area contributed by atoms with Crippen molar-refractivity contribution in [2.75, 3.05) is 13.2 Å². The first kappa shape index (κ1) is 13.7. The molecule has 2 aromatic rings. The van der Waals surface area contributed by atoms with Gasteiger partial charge in [-0.25, -0.2) is 0 Å². The first-order valence-corrected chi connectivity index (χ1v) is 6.80. The van der Waals surface area contributed by atoms with E-state index in [4.69, 9.17) is 10.5 Å². The molecular weight excluding hydrogens is 236 g/mol. The Balaban J connectivity index is 2.04. The first-order valence-electron chi connectivity index (χ1n) is 6.80. The molecule has 1 heterocycles. The molecule has 0 fully saturated rings. The standard InChI is InChI=1S/C16H22N2O/c1-12(2)11-19-15-6-3-13(4-7-15)16-8-5-14(18-16)9-10-17/h3-8,12,18H,9-11,17H2,1-2H3. The van der Waals surface area contributed by atoms with Crippen molar-refractivity contribution in [3.8, 4) is 17.0 Å². The maximum Gasteiger partial charge on any atom is 0.119 e. The van der Waals surface area contributed by atoms with E-state index in [9.17, 15) is 0 Å². The fourth-order valence-corrected chi connectivity index (χ4v) is 1.90. The Kier molecular flexibility index (Phi) is 4.63. The third-order valence-electron chi connectivity index (χ3n) is 2.91. The minimum absolute atomic E-state index is 0.543. The maximum absolute atomic E-state index is 5.68. The van der Waals surface area contributed by atoms with Crippen LogP contribution in [0.25, 0.3) is 11.3 Å². The fraction of sp³-hybridized carbons (Fsp3) is 0.375. The lowest BCUT2D eigenvalue weighted by molar-refractivity contribution is 0.271. The van der Waals surface area contributed by atoms with E-state index in [0.717, 1.165) is 24.5 Å². The predicted molar refractivity (Wildman–Crippen MR) is 79.3 cm³/mol. The number of H-pyrrole nitrogens is 1. The zero-order valence-corrected chi connectivity index (χ0v) is 11.6. The number of aromatic nitrogens is 1. The largest absolute Gasteiger partial charge is 0.493 e. The van der Waals surface area contributed by atoms with Gasteiger partial charge in [-0.15, -0.1) is 0 Å². The molecule has 3 heteroatoms. The molecule has 0 atom stereocenters. The Morgan fingerprint density at radius 2 is 1.84 bits per heavy atom. The molecule has 0 spiro atoms. The highest BCUT2D eigenvalue weighted by molar-refractivity contribution is 5.60. The van der Waals surface area contributed by atoms with Crippen LogP contribution in [0, 0.1) is 5.92 Å². The zero-order chi connectivity index (χ0) is 13.7. The number of nitrogens with one attached hydrogen (secondary N) is 1. The van der Waals surface area contributed by atoms with Crippen molar-refractivity contribution >= 4 is 0 Å². The van der Waals surface area contributed by atoms with E-state index in [1.807, 2.05) is 12.1 Å². The smallest absolute Gasteiger partial charge is 0.119 e. The molecule has 1 aromatic carbocycles. The number of aromatic amines is 1. The summed E-state index contributed by atoms with van der Waals surface area (Å²) in [7, 11) is 0. The molecule has 0 aliphatic rings. The first-order chi connectivity index (χ1) is 9.19. The summed E-state index contributed by atoms with van der Waals surface area (Å²) in [6.07, 6.45) is 0.885. The van der Waals surface area contributed by atoms with Gasteiger partial charge in [0.25, 0.3) is 0 Å². The van der Waals surface area contributed by atoms with Gasteiger partial charge in [0, 0.05) is 11.4 Å². The van der Waals surface area contributed by atoms with Crippen molar-refractivity contribution in [2.24, 2.45) is 11.7 Å². The van der Waals surface area contributed by atoms with Crippen LogP contribution in [0.3, 0.4) is 0 Å². The number of nitrogens with two attached hydrogens (primary N) is 1. The fourth-order valence-electron chi connectivity index (χ4n) is 1.90. The van der Waals surface area contributed by atoms with Crippen LogP contribution in [0.15, 0.2) is 36.4 Å². The van der Waals surface area contributed by atoms with Crippen molar-refractivity contribution in [1.29, 1.82) is 0 Å². The number of rotatable bonds is 6. The lowest BCUT2D eigenvalue weighted by Gasteiger charge is -2.08. The molecular formula is C16H22N2O. The highest BCUT2D eigenvalue weighted by Crippen LogP contribution is 2.22. The van der Waals surface area contributed by atoms with E-state index < -0.39 is 0 Å². The van der Waals surface area contributed by atoms with Crippen molar-refractivity contribution < 1.29 is 4.74 Å². The molecule has 3 N–H and O–H groups in total. The van der Waals surface area contributed by atoms with Crippen LogP contribution >= 0.6 is 0 Å². The van der Waals surface area contributed by atoms with E-state index in [0.29, 0.717) is 12.5 Å². The van der Waals surface area contributed by atoms with Gasteiger partial charge in [0.2, 0.25) is 0 Å². The molecule has 0 unspecified atom stereocenters. The normalized spacial score (nSPS) is 10.9. The SMILES string of the molecule is CC(C)COc1ccc(-c2ccc(CCN)[nH]2)cc1. The van der Waals surface area contributed by atoms with Gasteiger partial charge in [0.15, 0.2) is 0 Å². The molecule has 102 valence electrons. The molecule has 0 saturated heterocycles. The van der Waals surface area contributed by atoms with Gasteiger partial charge in [0.05, 0.1) is 6.61 Å². The van der Waals surface area contributed by atoms with Crippen LogP contribution in [0.5, 0.6) is 5.75 Å². The van der Waals surface area contributed by atoms with Crippen LogP contribution in [-0.2, 0) is 6.42 Å². The third kappa shape index (κ3) is 3.86. The van der Waals surface area contributed by atoms with Gasteiger partial charge in [-0.1, -0.05) is 13.8 Å². The quantitative estimate of drug-likeness (QED) is 0.836. The highest BCUT2D eigenvalue weighted by atomic mass is 16.5. The average Bonchev–Trinajstić information content (AvgIpc) is 2.86. The zero-order valence-electron chi connectivity index (χ0n) is 11.6. The van der Waals surface area contributed by atoms with Crippen LogP contribution in [-0.4, -0.2) is 18.1 Å². The molecule has 0 aliphatic carbocycles. The Bertz CT molecular complexity index is 500. The molecule has 1 aromatic heterocycles. The Hall–Kier alpha value is -1.74. The van der Waals surface area contributed by atoms with E-state index in [1.54, 1.807) is 0 Å². The van der Waals surface area contributed by atoms with Crippen LogP contribution in [0.2, 0.25) is 0 Å². The summed E-state index contributed by atoms with van der Waals surface area (Å²) in [5.41, 5.74) is 9.02. The Labute approximate surface area is 114 Å². The number of hydrogen-bond acceptors (Lipinski definition) is 2. The molecule has 0 aliphatic heterocycles. The van der Waals surface area contributed by atoms with Crippen LogP contribution < -0.4 is 10.5 Å². The average molecular weight is 258 g/mol. The number of ether oxygens (including phenoxy) is 1. The molecule has 0 saturated carbocycles. The highest BCUT2D eigenvalue weighted by Gasteiger charge is 2.02. The van der Waals surface area contributed by atoms with E-state index in [-0.39, 0.29) is 0 Å². The summed E-state index contributed by atoms with van der Waals surface area (Å²) in [5, 5.41) is 0. The second-order valence-electron chi connectivity index (χ2n) is 5.17. The molecule has 0 bridgehead atoms. The van der Waals surface area contributed by atoms with E-state index >= 15 is 0 Å². The lowest BCUT2D eigenvalue weighted by Crippen LogP contribution is -2.04. The second-order valence-corrected chi connectivity index (χ2v) is 5.17. The van der Waals surface area contributed by atoms with Gasteiger partial charge < -0.3 is 15.5 Å². The molecule has 0 radical (unpaired) electrons. The molecule has 2 rings (SSSR count). The van der Waals surface area contributed by atoms with Gasteiger partial charge in [-0.05, 0) is 60.8 Å². The molecule has 3 nitrogen and oxygen atoms in total. The van der Waals surface area contributed by atoms with E-state index in [2.05, 4.69) is 43.1 Å². The Morgan fingerprint density at radius 1 is 1.11 bits per heavy atom.